The molecule has 0 spiro atoms. The molecule has 0 atom stereocenters. The number of carbonyl (C=O) groups excluding carboxylic acids is 1. The van der Waals surface area contributed by atoms with E-state index >= 15 is 0 Å². The fourth-order valence-corrected chi connectivity index (χ4v) is 2.94. The van der Waals surface area contributed by atoms with Crippen molar-refractivity contribution in [2.45, 2.75) is 26.8 Å². The van der Waals surface area contributed by atoms with E-state index in [4.69, 9.17) is 4.74 Å². The lowest BCUT2D eigenvalue weighted by atomic mass is 10.2. The molecule has 0 saturated heterocycles. The fourth-order valence-electron chi connectivity index (χ4n) is 2.58. The van der Waals surface area contributed by atoms with Crippen LogP contribution >= 0.6 is 39.9 Å². The van der Waals surface area contributed by atoms with E-state index in [9.17, 15) is 4.79 Å². The molecule has 3 N–H and O–H groups in total. The molecule has 0 aliphatic rings. The Morgan fingerprint density at radius 1 is 1.17 bits per heavy atom. The second-order valence-electron chi connectivity index (χ2n) is 6.15. The summed E-state index contributed by atoms with van der Waals surface area (Å²) in [5.41, 5.74) is 2.89. The summed E-state index contributed by atoms with van der Waals surface area (Å²) in [6.45, 7) is 5.61. The van der Waals surface area contributed by atoms with Crippen LogP contribution in [0.15, 0.2) is 51.9 Å². The van der Waals surface area contributed by atoms with Crippen LogP contribution in [0, 0.1) is 6.92 Å². The van der Waals surface area contributed by atoms with E-state index in [0.29, 0.717) is 32.1 Å². The Morgan fingerprint density at radius 3 is 2.66 bits per heavy atom. The number of aryl methyl sites for hydroxylation is 1. The van der Waals surface area contributed by atoms with Crippen molar-refractivity contribution in [3.05, 3.63) is 58.1 Å². The van der Waals surface area contributed by atoms with E-state index in [0.717, 1.165) is 27.0 Å². The highest BCUT2D eigenvalue weighted by atomic mass is 127. The van der Waals surface area contributed by atoms with Crippen LogP contribution in [-0.4, -0.2) is 32.1 Å². The molecule has 0 aromatic heterocycles. The van der Waals surface area contributed by atoms with Gasteiger partial charge >= 0.3 is 0 Å². The zero-order valence-corrected chi connectivity index (χ0v) is 20.8. The number of anilines is 1. The molecule has 2 aromatic rings. The van der Waals surface area contributed by atoms with Crippen LogP contribution in [0.1, 0.15) is 24.5 Å². The Balaban J connectivity index is 0.00000420. The van der Waals surface area contributed by atoms with E-state index in [-0.39, 0.29) is 29.9 Å². The molecule has 0 aliphatic carbocycles. The van der Waals surface area contributed by atoms with E-state index < -0.39 is 0 Å². The molecule has 0 saturated carbocycles. The average Bonchev–Trinajstić information content (AvgIpc) is 2.68. The minimum atomic E-state index is -0.0501. The fraction of sp³-hybridized carbons (Fsp3) is 0.333. The van der Waals surface area contributed by atoms with Crippen LogP contribution in [-0.2, 0) is 11.3 Å². The van der Waals surface area contributed by atoms with Gasteiger partial charge in [0.2, 0.25) is 5.91 Å². The van der Waals surface area contributed by atoms with Crippen molar-refractivity contribution >= 4 is 57.5 Å². The third kappa shape index (κ3) is 8.61. The van der Waals surface area contributed by atoms with Gasteiger partial charge in [-0.1, -0.05) is 40.2 Å². The highest BCUT2D eigenvalue weighted by Crippen LogP contribution is 2.20. The Kier molecular flexibility index (Phi) is 11.7. The Morgan fingerprint density at radius 2 is 1.93 bits per heavy atom. The molecule has 0 heterocycles. The number of para-hydroxylation sites is 1. The first-order valence-electron chi connectivity index (χ1n) is 9.24. The zero-order valence-electron chi connectivity index (χ0n) is 16.9. The Labute approximate surface area is 198 Å². The van der Waals surface area contributed by atoms with Gasteiger partial charge in [-0.15, -0.1) is 24.0 Å². The number of benzene rings is 2. The number of hydrogen-bond acceptors (Lipinski definition) is 3. The van der Waals surface area contributed by atoms with Crippen LogP contribution in [0.3, 0.4) is 0 Å². The van der Waals surface area contributed by atoms with Gasteiger partial charge in [0.1, 0.15) is 5.75 Å². The SMILES string of the molecule is CCOc1ccccc1CNC(=NC)NCCC(=O)Nc1cc(Br)ccc1C.I. The Bertz CT molecular complexity index is 830. The minimum Gasteiger partial charge on any atom is -0.494 e. The molecule has 2 rings (SSSR count). The number of hydrogen-bond donors (Lipinski definition) is 3. The van der Waals surface area contributed by atoms with Crippen LogP contribution in [0.4, 0.5) is 5.69 Å². The van der Waals surface area contributed by atoms with Crippen molar-refractivity contribution in [2.24, 2.45) is 4.99 Å². The van der Waals surface area contributed by atoms with E-state index in [1.54, 1.807) is 7.05 Å². The zero-order chi connectivity index (χ0) is 20.4. The molecular weight excluding hydrogens is 547 g/mol. The molecule has 1 amide bonds. The largest absolute Gasteiger partial charge is 0.494 e. The molecule has 2 aromatic carbocycles. The summed E-state index contributed by atoms with van der Waals surface area (Å²) >= 11 is 3.42. The Hall–Kier alpha value is -1.81. The van der Waals surface area contributed by atoms with Crippen molar-refractivity contribution in [1.29, 1.82) is 0 Å². The number of rotatable bonds is 8. The van der Waals surface area contributed by atoms with Crippen LogP contribution in [0.5, 0.6) is 5.75 Å². The summed E-state index contributed by atoms with van der Waals surface area (Å²) in [5.74, 6) is 1.44. The van der Waals surface area contributed by atoms with Gasteiger partial charge in [0.15, 0.2) is 5.96 Å². The van der Waals surface area contributed by atoms with Crippen molar-refractivity contribution < 1.29 is 9.53 Å². The normalized spacial score (nSPS) is 10.7. The molecule has 8 heteroatoms. The minimum absolute atomic E-state index is 0. The molecule has 0 aliphatic heterocycles. The molecule has 29 heavy (non-hydrogen) atoms. The molecule has 0 unspecified atom stereocenters. The summed E-state index contributed by atoms with van der Waals surface area (Å²) in [7, 11) is 1.70. The topological polar surface area (TPSA) is 74.8 Å². The standard InChI is InChI=1S/C21H27BrN4O2.HI/c1-4-28-19-8-6-5-7-16(19)14-25-21(23-3)24-12-11-20(27)26-18-13-17(22)10-9-15(18)2;/h5-10,13H,4,11-12,14H2,1-3H3,(H,26,27)(H2,23,24,25);1H. The summed E-state index contributed by atoms with van der Waals surface area (Å²) in [6.07, 6.45) is 0.336. The first kappa shape index (κ1) is 25.2. The van der Waals surface area contributed by atoms with Crippen molar-refractivity contribution in [3.63, 3.8) is 0 Å². The molecule has 0 fully saturated rings. The van der Waals surface area contributed by atoms with Crippen molar-refractivity contribution in [1.82, 2.24) is 10.6 Å². The number of guanidine groups is 1. The van der Waals surface area contributed by atoms with Gasteiger partial charge in [-0.25, -0.2) is 0 Å². The average molecular weight is 575 g/mol. The first-order valence-corrected chi connectivity index (χ1v) is 10.0. The highest BCUT2D eigenvalue weighted by molar-refractivity contribution is 14.0. The third-order valence-corrected chi connectivity index (χ3v) is 4.55. The predicted molar refractivity (Wildman–Crippen MR) is 133 cm³/mol. The second-order valence-corrected chi connectivity index (χ2v) is 7.07. The number of ether oxygens (including phenoxy) is 1. The molecule has 0 bridgehead atoms. The lowest BCUT2D eigenvalue weighted by molar-refractivity contribution is -0.116. The van der Waals surface area contributed by atoms with Crippen LogP contribution in [0.25, 0.3) is 0 Å². The van der Waals surface area contributed by atoms with Gasteiger partial charge in [-0.3, -0.25) is 9.79 Å². The van der Waals surface area contributed by atoms with Gasteiger partial charge in [-0.2, -0.15) is 0 Å². The van der Waals surface area contributed by atoms with Gasteiger partial charge in [0.05, 0.1) is 6.61 Å². The summed E-state index contributed by atoms with van der Waals surface area (Å²) < 4.78 is 6.57. The lowest BCUT2D eigenvalue weighted by Crippen LogP contribution is -2.38. The predicted octanol–water partition coefficient (Wildman–Crippen LogP) is 4.47. The highest BCUT2D eigenvalue weighted by Gasteiger charge is 2.07. The number of halogens is 2. The summed E-state index contributed by atoms with van der Waals surface area (Å²) in [5, 5.41) is 9.34. The first-order chi connectivity index (χ1) is 13.5. The van der Waals surface area contributed by atoms with Gasteiger partial charge in [-0.05, 0) is 37.6 Å². The van der Waals surface area contributed by atoms with E-state index in [1.165, 1.54) is 0 Å². The molecule has 0 radical (unpaired) electrons. The number of aliphatic imine (C=N–C) groups is 1. The monoisotopic (exact) mass is 574 g/mol. The molecular formula is C21H28BrIN4O2. The quantitative estimate of drug-likeness (QED) is 0.247. The van der Waals surface area contributed by atoms with Gasteiger partial charge in [0.25, 0.3) is 0 Å². The summed E-state index contributed by atoms with van der Waals surface area (Å²) in [4.78, 5) is 16.4. The van der Waals surface area contributed by atoms with Crippen molar-refractivity contribution in [2.75, 3.05) is 25.5 Å². The summed E-state index contributed by atoms with van der Waals surface area (Å²) in [6, 6.07) is 13.7. The van der Waals surface area contributed by atoms with E-state index in [2.05, 4.69) is 36.9 Å². The van der Waals surface area contributed by atoms with Gasteiger partial charge in [0, 0.05) is 42.3 Å². The number of carbonyl (C=O) groups is 1. The number of nitrogens with one attached hydrogen (secondary N) is 3. The molecule has 158 valence electrons. The maximum Gasteiger partial charge on any atom is 0.226 e. The second kappa shape index (κ2) is 13.4. The number of amides is 1. The third-order valence-electron chi connectivity index (χ3n) is 4.06. The smallest absolute Gasteiger partial charge is 0.226 e. The lowest BCUT2D eigenvalue weighted by Gasteiger charge is -2.14. The van der Waals surface area contributed by atoms with Crippen LogP contribution < -0.4 is 20.7 Å². The number of nitrogens with zero attached hydrogens (tertiary/aromatic N) is 1. The maximum atomic E-state index is 12.2. The van der Waals surface area contributed by atoms with Crippen molar-refractivity contribution in [3.8, 4) is 5.75 Å². The maximum absolute atomic E-state index is 12.2. The van der Waals surface area contributed by atoms with Gasteiger partial charge < -0.3 is 20.7 Å². The molecule has 6 nitrogen and oxygen atoms in total. The van der Waals surface area contributed by atoms with E-state index in [1.807, 2.05) is 56.3 Å². The van der Waals surface area contributed by atoms with Crippen LogP contribution in [0.2, 0.25) is 0 Å².